The van der Waals surface area contributed by atoms with E-state index in [4.69, 9.17) is 9.47 Å². The molecule has 1 atom stereocenters. The van der Waals surface area contributed by atoms with Crippen molar-refractivity contribution in [2.45, 2.75) is 51.7 Å². The molecule has 4 rings (SSSR count). The number of benzene rings is 2. The number of ketones is 1. The molecule has 5 heteroatoms. The van der Waals surface area contributed by atoms with Gasteiger partial charge in [0.05, 0.1) is 12.5 Å². The third-order valence-electron chi connectivity index (χ3n) is 6.42. The Hall–Kier alpha value is -3.18. The number of carbonyl (C=O) groups is 2. The minimum atomic E-state index is -0.380. The van der Waals surface area contributed by atoms with Crippen molar-refractivity contribution in [3.05, 3.63) is 94.8 Å². The molecule has 1 aromatic heterocycles. The molecule has 1 aliphatic heterocycles. The SMILES string of the molecule is Cc1cc(C(=O)COC(=O)CC(c2ccccc2)c2ccccc2)c(C)n1CC1CCCO1. The molecular weight excluding hydrogens is 414 g/mol. The highest BCUT2D eigenvalue weighted by molar-refractivity contribution is 5.99. The van der Waals surface area contributed by atoms with Crippen LogP contribution in [0, 0.1) is 13.8 Å². The summed E-state index contributed by atoms with van der Waals surface area (Å²) in [7, 11) is 0. The third kappa shape index (κ3) is 5.60. The fourth-order valence-corrected chi connectivity index (χ4v) is 4.60. The predicted octanol–water partition coefficient (Wildman–Crippen LogP) is 5.23. The van der Waals surface area contributed by atoms with Gasteiger partial charge in [-0.3, -0.25) is 9.59 Å². The lowest BCUT2D eigenvalue weighted by Crippen LogP contribution is -2.19. The van der Waals surface area contributed by atoms with Crippen LogP contribution < -0.4 is 0 Å². The van der Waals surface area contributed by atoms with E-state index in [1.165, 1.54) is 0 Å². The van der Waals surface area contributed by atoms with Crippen molar-refractivity contribution in [2.24, 2.45) is 0 Å². The van der Waals surface area contributed by atoms with Gasteiger partial charge in [-0.15, -0.1) is 0 Å². The van der Waals surface area contributed by atoms with E-state index >= 15 is 0 Å². The second kappa shape index (κ2) is 10.6. The molecule has 1 fully saturated rings. The highest BCUT2D eigenvalue weighted by Crippen LogP contribution is 2.28. The molecule has 0 radical (unpaired) electrons. The largest absolute Gasteiger partial charge is 0.457 e. The zero-order valence-corrected chi connectivity index (χ0v) is 19.3. The van der Waals surface area contributed by atoms with Crippen molar-refractivity contribution in [3.8, 4) is 0 Å². The molecular formula is C28H31NO4. The summed E-state index contributed by atoms with van der Waals surface area (Å²) in [6.07, 6.45) is 2.50. The number of rotatable bonds is 9. The summed E-state index contributed by atoms with van der Waals surface area (Å²) in [4.78, 5) is 25.6. The third-order valence-corrected chi connectivity index (χ3v) is 6.42. The quantitative estimate of drug-likeness (QED) is 0.334. The summed E-state index contributed by atoms with van der Waals surface area (Å²) < 4.78 is 13.3. The monoisotopic (exact) mass is 445 g/mol. The fourth-order valence-electron chi connectivity index (χ4n) is 4.60. The number of hydrogen-bond donors (Lipinski definition) is 0. The van der Waals surface area contributed by atoms with Gasteiger partial charge in [0.1, 0.15) is 0 Å². The average molecular weight is 446 g/mol. The first-order valence-corrected chi connectivity index (χ1v) is 11.6. The lowest BCUT2D eigenvalue weighted by Gasteiger charge is -2.17. The van der Waals surface area contributed by atoms with Crippen LogP contribution in [0.25, 0.3) is 0 Å². The molecule has 0 saturated carbocycles. The summed E-state index contributed by atoms with van der Waals surface area (Å²) in [5.74, 6) is -0.674. The Morgan fingerprint density at radius 2 is 1.67 bits per heavy atom. The van der Waals surface area contributed by atoms with Gasteiger partial charge in [0.15, 0.2) is 6.61 Å². The van der Waals surface area contributed by atoms with E-state index in [-0.39, 0.29) is 36.8 Å². The molecule has 33 heavy (non-hydrogen) atoms. The second-order valence-electron chi connectivity index (χ2n) is 8.69. The first-order chi connectivity index (χ1) is 16.0. The Balaban J connectivity index is 1.40. The average Bonchev–Trinajstić information content (AvgIpc) is 3.46. The number of aryl methyl sites for hydroxylation is 1. The van der Waals surface area contributed by atoms with Crippen LogP contribution in [0.2, 0.25) is 0 Å². The Kier molecular flexibility index (Phi) is 7.40. The number of carbonyl (C=O) groups excluding carboxylic acids is 2. The van der Waals surface area contributed by atoms with E-state index in [1.54, 1.807) is 0 Å². The van der Waals surface area contributed by atoms with Crippen molar-refractivity contribution in [1.29, 1.82) is 0 Å². The molecule has 1 unspecified atom stereocenters. The van der Waals surface area contributed by atoms with Crippen LogP contribution in [-0.4, -0.2) is 35.6 Å². The summed E-state index contributed by atoms with van der Waals surface area (Å²) >= 11 is 0. The van der Waals surface area contributed by atoms with Crippen LogP contribution in [0.15, 0.2) is 66.7 Å². The molecule has 0 bridgehead atoms. The lowest BCUT2D eigenvalue weighted by molar-refractivity contribution is -0.142. The van der Waals surface area contributed by atoms with Gasteiger partial charge in [-0.25, -0.2) is 0 Å². The van der Waals surface area contributed by atoms with Crippen LogP contribution in [0.4, 0.5) is 0 Å². The molecule has 2 aromatic carbocycles. The van der Waals surface area contributed by atoms with E-state index < -0.39 is 0 Å². The van der Waals surface area contributed by atoms with E-state index in [0.717, 1.165) is 48.5 Å². The van der Waals surface area contributed by atoms with Gasteiger partial charge in [0.25, 0.3) is 0 Å². The summed E-state index contributed by atoms with van der Waals surface area (Å²) in [5.41, 5.74) is 4.62. The topological polar surface area (TPSA) is 57.5 Å². The molecule has 172 valence electrons. The first kappa shape index (κ1) is 23.0. The second-order valence-corrected chi connectivity index (χ2v) is 8.69. The molecule has 0 spiro atoms. The maximum atomic E-state index is 12.9. The van der Waals surface area contributed by atoms with Crippen molar-refractivity contribution >= 4 is 11.8 Å². The summed E-state index contributed by atoms with van der Waals surface area (Å²) in [6, 6.07) is 21.7. The van der Waals surface area contributed by atoms with E-state index in [9.17, 15) is 9.59 Å². The molecule has 1 aliphatic rings. The van der Waals surface area contributed by atoms with Crippen molar-refractivity contribution in [2.75, 3.05) is 13.2 Å². The number of ether oxygens (including phenoxy) is 2. The Labute approximate surface area is 195 Å². The van der Waals surface area contributed by atoms with Crippen LogP contribution in [-0.2, 0) is 20.8 Å². The van der Waals surface area contributed by atoms with Crippen LogP contribution in [0.5, 0.6) is 0 Å². The number of Topliss-reactive ketones (excluding diaryl/α,β-unsaturated/α-hetero) is 1. The van der Waals surface area contributed by atoms with Gasteiger partial charge < -0.3 is 14.0 Å². The molecule has 0 N–H and O–H groups in total. The normalized spacial score (nSPS) is 15.7. The smallest absolute Gasteiger partial charge is 0.307 e. The van der Waals surface area contributed by atoms with Crippen molar-refractivity contribution in [3.63, 3.8) is 0 Å². The molecule has 0 amide bonds. The minimum absolute atomic E-state index is 0.119. The van der Waals surface area contributed by atoms with Gasteiger partial charge in [-0.05, 0) is 43.9 Å². The van der Waals surface area contributed by atoms with Gasteiger partial charge in [-0.2, -0.15) is 0 Å². The number of aromatic nitrogens is 1. The fraction of sp³-hybridized carbons (Fsp3) is 0.357. The Morgan fingerprint density at radius 3 is 2.24 bits per heavy atom. The van der Waals surface area contributed by atoms with Crippen molar-refractivity contribution in [1.82, 2.24) is 4.57 Å². The molecule has 3 aromatic rings. The standard InChI is InChI=1S/C28H31NO4/c1-20-16-25(21(2)29(20)18-24-14-9-15-32-24)27(30)19-33-28(31)17-26(22-10-5-3-6-11-22)23-12-7-4-8-13-23/h3-8,10-13,16,24,26H,9,14-15,17-19H2,1-2H3. The lowest BCUT2D eigenvalue weighted by atomic mass is 9.89. The zero-order valence-electron chi connectivity index (χ0n) is 19.3. The highest BCUT2D eigenvalue weighted by Gasteiger charge is 2.23. The van der Waals surface area contributed by atoms with Crippen molar-refractivity contribution < 1.29 is 19.1 Å². The van der Waals surface area contributed by atoms with Gasteiger partial charge >= 0.3 is 5.97 Å². The minimum Gasteiger partial charge on any atom is -0.457 e. The molecule has 0 aliphatic carbocycles. The maximum absolute atomic E-state index is 12.9. The molecule has 1 saturated heterocycles. The maximum Gasteiger partial charge on any atom is 0.307 e. The van der Waals surface area contributed by atoms with Crippen LogP contribution in [0.1, 0.15) is 58.1 Å². The van der Waals surface area contributed by atoms with E-state index in [1.807, 2.05) is 80.6 Å². The zero-order chi connectivity index (χ0) is 23.2. The number of hydrogen-bond acceptors (Lipinski definition) is 4. The summed E-state index contributed by atoms with van der Waals surface area (Å²) in [5, 5.41) is 0. The first-order valence-electron chi connectivity index (χ1n) is 11.6. The predicted molar refractivity (Wildman–Crippen MR) is 128 cm³/mol. The number of nitrogens with zero attached hydrogens (tertiary/aromatic N) is 1. The summed E-state index contributed by atoms with van der Waals surface area (Å²) in [6.45, 7) is 5.24. The van der Waals surface area contributed by atoms with E-state index in [2.05, 4.69) is 4.57 Å². The van der Waals surface area contributed by atoms with Gasteiger partial charge in [0, 0.05) is 36.0 Å². The van der Waals surface area contributed by atoms with Crippen LogP contribution in [0.3, 0.4) is 0 Å². The Bertz CT molecular complexity index is 1040. The van der Waals surface area contributed by atoms with Crippen LogP contribution >= 0.6 is 0 Å². The molecule has 5 nitrogen and oxygen atoms in total. The highest BCUT2D eigenvalue weighted by atomic mass is 16.5. The Morgan fingerprint density at radius 1 is 1.03 bits per heavy atom. The number of esters is 1. The van der Waals surface area contributed by atoms with Gasteiger partial charge in [-0.1, -0.05) is 60.7 Å². The van der Waals surface area contributed by atoms with E-state index in [0.29, 0.717) is 5.56 Å². The molecule has 2 heterocycles. The van der Waals surface area contributed by atoms with Gasteiger partial charge in [0.2, 0.25) is 5.78 Å².